The maximum Gasteiger partial charge on any atom is 0.257 e. The number of rotatable bonds is 4. The Morgan fingerprint density at radius 1 is 1.44 bits per heavy atom. The predicted molar refractivity (Wildman–Crippen MR) is 76.4 cm³/mol. The number of pyridine rings is 1. The van der Waals surface area contributed by atoms with E-state index in [0.29, 0.717) is 11.5 Å². The highest BCUT2D eigenvalue weighted by Crippen LogP contribution is 2.23. The lowest BCUT2D eigenvalue weighted by atomic mass is 10.1. The van der Waals surface area contributed by atoms with Crippen molar-refractivity contribution in [3.8, 4) is 11.3 Å². The Balaban J connectivity index is 2.35. The van der Waals surface area contributed by atoms with Gasteiger partial charge in [0.15, 0.2) is 5.13 Å². The highest BCUT2D eigenvalue weighted by Gasteiger charge is 2.09. The van der Waals surface area contributed by atoms with Crippen LogP contribution >= 0.6 is 11.3 Å². The molecule has 0 fully saturated rings. The monoisotopic (exact) mass is 263 g/mol. The van der Waals surface area contributed by atoms with Crippen LogP contribution < -0.4 is 10.9 Å². The molecule has 0 radical (unpaired) electrons. The van der Waals surface area contributed by atoms with Crippen LogP contribution in [0.4, 0.5) is 5.13 Å². The molecule has 0 atom stereocenters. The summed E-state index contributed by atoms with van der Waals surface area (Å²) in [6.07, 6.45) is 0. The van der Waals surface area contributed by atoms with Crippen molar-refractivity contribution >= 4 is 16.5 Å². The van der Waals surface area contributed by atoms with E-state index in [4.69, 9.17) is 0 Å². The minimum absolute atomic E-state index is 0.0745. The van der Waals surface area contributed by atoms with Gasteiger partial charge in [-0.25, -0.2) is 4.98 Å². The maximum atomic E-state index is 12.0. The first kappa shape index (κ1) is 12.8. The molecule has 0 saturated carbocycles. The van der Waals surface area contributed by atoms with E-state index in [0.717, 1.165) is 23.1 Å². The van der Waals surface area contributed by atoms with Gasteiger partial charge in [-0.2, -0.15) is 0 Å². The molecule has 5 heteroatoms. The summed E-state index contributed by atoms with van der Waals surface area (Å²) >= 11 is 1.51. The van der Waals surface area contributed by atoms with Gasteiger partial charge in [-0.05, 0) is 25.0 Å². The Morgan fingerprint density at radius 2 is 2.22 bits per heavy atom. The Hall–Kier alpha value is -1.62. The molecule has 0 amide bonds. The highest BCUT2D eigenvalue weighted by molar-refractivity contribution is 7.14. The molecule has 0 aliphatic heterocycles. The van der Waals surface area contributed by atoms with E-state index in [1.54, 1.807) is 0 Å². The molecule has 0 aliphatic carbocycles. The van der Waals surface area contributed by atoms with Crippen LogP contribution in [0.25, 0.3) is 11.3 Å². The van der Waals surface area contributed by atoms with Crippen LogP contribution in [0.3, 0.4) is 0 Å². The molecule has 2 heterocycles. The number of aromatic amines is 1. The van der Waals surface area contributed by atoms with E-state index in [-0.39, 0.29) is 5.56 Å². The van der Waals surface area contributed by atoms with Crippen LogP contribution in [0.15, 0.2) is 22.3 Å². The summed E-state index contributed by atoms with van der Waals surface area (Å²) in [5, 5.41) is 5.89. The smallest absolute Gasteiger partial charge is 0.257 e. The molecular weight excluding hydrogens is 246 g/mol. The van der Waals surface area contributed by atoms with Gasteiger partial charge in [0.25, 0.3) is 5.56 Å². The zero-order chi connectivity index (χ0) is 13.1. The van der Waals surface area contributed by atoms with E-state index >= 15 is 0 Å². The topological polar surface area (TPSA) is 57.8 Å². The van der Waals surface area contributed by atoms with Gasteiger partial charge in [0.05, 0.1) is 11.3 Å². The third-order valence-electron chi connectivity index (χ3n) is 2.66. The summed E-state index contributed by atoms with van der Waals surface area (Å²) in [6, 6.07) is 3.80. The minimum atomic E-state index is -0.0745. The zero-order valence-electron chi connectivity index (χ0n) is 10.8. The molecule has 0 spiro atoms. The van der Waals surface area contributed by atoms with Crippen LogP contribution in [0, 0.1) is 0 Å². The first-order valence-electron chi connectivity index (χ1n) is 6.04. The lowest BCUT2D eigenvalue weighted by Crippen LogP contribution is -2.12. The molecule has 18 heavy (non-hydrogen) atoms. The molecule has 0 aromatic carbocycles. The molecule has 0 aliphatic rings. The third kappa shape index (κ3) is 2.61. The average Bonchev–Trinajstić information content (AvgIpc) is 2.77. The molecular formula is C13H17N3OS. The van der Waals surface area contributed by atoms with Gasteiger partial charge in [-0.15, -0.1) is 11.3 Å². The van der Waals surface area contributed by atoms with Crippen molar-refractivity contribution in [1.82, 2.24) is 9.97 Å². The van der Waals surface area contributed by atoms with Crippen molar-refractivity contribution in [2.24, 2.45) is 0 Å². The molecule has 2 aromatic rings. The van der Waals surface area contributed by atoms with Crippen molar-refractivity contribution in [3.63, 3.8) is 0 Å². The second kappa shape index (κ2) is 5.35. The number of nitrogens with zero attached hydrogens (tertiary/aromatic N) is 1. The maximum absolute atomic E-state index is 12.0. The van der Waals surface area contributed by atoms with Crippen molar-refractivity contribution in [3.05, 3.63) is 33.6 Å². The third-order valence-corrected chi connectivity index (χ3v) is 3.46. The molecule has 2 rings (SSSR count). The van der Waals surface area contributed by atoms with Crippen LogP contribution in [0.2, 0.25) is 0 Å². The molecule has 2 aromatic heterocycles. The summed E-state index contributed by atoms with van der Waals surface area (Å²) in [5.74, 6) is 0.319. The summed E-state index contributed by atoms with van der Waals surface area (Å²) in [7, 11) is 0. The van der Waals surface area contributed by atoms with Crippen molar-refractivity contribution in [2.45, 2.75) is 26.7 Å². The summed E-state index contributed by atoms with van der Waals surface area (Å²) in [6.45, 7) is 6.95. The van der Waals surface area contributed by atoms with Crippen LogP contribution in [-0.2, 0) is 0 Å². The number of anilines is 1. The number of nitrogens with one attached hydrogen (secondary N) is 2. The first-order valence-corrected chi connectivity index (χ1v) is 6.92. The van der Waals surface area contributed by atoms with Crippen LogP contribution in [0.1, 0.15) is 32.4 Å². The van der Waals surface area contributed by atoms with Crippen LogP contribution in [0.5, 0.6) is 0 Å². The SMILES string of the molecule is CCNc1nc(-c2ccc(C(C)C)[nH]c2=O)cs1. The second-order valence-electron chi connectivity index (χ2n) is 4.38. The van der Waals surface area contributed by atoms with E-state index in [1.165, 1.54) is 11.3 Å². The van der Waals surface area contributed by atoms with E-state index in [1.807, 2.05) is 24.4 Å². The number of H-pyrrole nitrogens is 1. The Labute approximate surface area is 110 Å². The number of thiazole rings is 1. The Kier molecular flexibility index (Phi) is 3.81. The predicted octanol–water partition coefficient (Wildman–Crippen LogP) is 3.05. The first-order chi connectivity index (χ1) is 8.61. The van der Waals surface area contributed by atoms with Crippen LogP contribution in [-0.4, -0.2) is 16.5 Å². The van der Waals surface area contributed by atoms with Gasteiger partial charge in [0.2, 0.25) is 0 Å². The lowest BCUT2D eigenvalue weighted by molar-refractivity contribution is 0.816. The van der Waals surface area contributed by atoms with E-state index < -0.39 is 0 Å². The normalized spacial score (nSPS) is 10.9. The molecule has 96 valence electrons. The van der Waals surface area contributed by atoms with E-state index in [9.17, 15) is 4.79 Å². The van der Waals surface area contributed by atoms with E-state index in [2.05, 4.69) is 29.1 Å². The standard InChI is InChI=1S/C13H17N3OS/c1-4-14-13-16-11(7-18-13)9-5-6-10(8(2)3)15-12(9)17/h5-8H,4H2,1-3H3,(H,14,16)(H,15,17). The summed E-state index contributed by atoms with van der Waals surface area (Å²) < 4.78 is 0. The Bertz CT molecular complexity index is 586. The van der Waals surface area contributed by atoms with Crippen molar-refractivity contribution < 1.29 is 0 Å². The zero-order valence-corrected chi connectivity index (χ0v) is 11.6. The molecule has 0 unspecified atom stereocenters. The average molecular weight is 263 g/mol. The fourth-order valence-electron chi connectivity index (χ4n) is 1.66. The highest BCUT2D eigenvalue weighted by atomic mass is 32.1. The van der Waals surface area contributed by atoms with Crippen molar-refractivity contribution in [2.75, 3.05) is 11.9 Å². The van der Waals surface area contributed by atoms with Gasteiger partial charge in [-0.1, -0.05) is 13.8 Å². The summed E-state index contributed by atoms with van der Waals surface area (Å²) in [4.78, 5) is 19.3. The number of hydrogen-bond acceptors (Lipinski definition) is 4. The largest absolute Gasteiger partial charge is 0.362 e. The molecule has 4 nitrogen and oxygen atoms in total. The van der Waals surface area contributed by atoms with Crippen molar-refractivity contribution in [1.29, 1.82) is 0 Å². The number of hydrogen-bond donors (Lipinski definition) is 2. The second-order valence-corrected chi connectivity index (χ2v) is 5.24. The van der Waals surface area contributed by atoms with Gasteiger partial charge in [-0.3, -0.25) is 4.79 Å². The molecule has 0 bridgehead atoms. The fraction of sp³-hybridized carbons (Fsp3) is 0.385. The van der Waals surface area contributed by atoms with Gasteiger partial charge in [0.1, 0.15) is 0 Å². The molecule has 0 saturated heterocycles. The summed E-state index contributed by atoms with van der Waals surface area (Å²) in [5.41, 5.74) is 2.23. The Morgan fingerprint density at radius 3 is 2.83 bits per heavy atom. The quantitative estimate of drug-likeness (QED) is 0.891. The molecule has 2 N–H and O–H groups in total. The minimum Gasteiger partial charge on any atom is -0.362 e. The lowest BCUT2D eigenvalue weighted by Gasteiger charge is -2.05. The number of aromatic nitrogens is 2. The van der Waals surface area contributed by atoms with Gasteiger partial charge < -0.3 is 10.3 Å². The van der Waals surface area contributed by atoms with Gasteiger partial charge >= 0.3 is 0 Å². The fourth-order valence-corrected chi connectivity index (χ4v) is 2.44. The van der Waals surface area contributed by atoms with Gasteiger partial charge in [0, 0.05) is 17.6 Å².